The first-order valence-corrected chi connectivity index (χ1v) is 10.4. The number of carbonyl (C=O) groups is 1. The molecule has 5 nitrogen and oxygen atoms in total. The molecule has 0 aliphatic carbocycles. The van der Waals surface area contributed by atoms with Gasteiger partial charge in [0.15, 0.2) is 0 Å². The third-order valence-corrected chi connectivity index (χ3v) is 5.49. The number of unbranched alkanes of at least 4 members (excludes halogenated alkanes) is 1. The predicted molar refractivity (Wildman–Crippen MR) is 114 cm³/mol. The van der Waals surface area contributed by atoms with Crippen molar-refractivity contribution >= 4 is 11.6 Å². The van der Waals surface area contributed by atoms with Crippen molar-refractivity contribution < 1.29 is 4.79 Å². The van der Waals surface area contributed by atoms with Gasteiger partial charge in [0, 0.05) is 18.4 Å². The summed E-state index contributed by atoms with van der Waals surface area (Å²) in [5.74, 6) is 0.0978. The van der Waals surface area contributed by atoms with Gasteiger partial charge in [-0.3, -0.25) is 9.59 Å². The molecule has 1 atom stereocenters. The van der Waals surface area contributed by atoms with E-state index in [0.717, 1.165) is 50.9 Å². The summed E-state index contributed by atoms with van der Waals surface area (Å²) >= 11 is 0. The highest BCUT2D eigenvalue weighted by Crippen LogP contribution is 2.15. The number of hydrogen-bond donors (Lipinski definition) is 2. The van der Waals surface area contributed by atoms with Crippen LogP contribution in [0, 0.1) is 12.8 Å². The topological polar surface area (TPSA) is 63.1 Å². The second-order valence-electron chi connectivity index (χ2n) is 7.80. The summed E-state index contributed by atoms with van der Waals surface area (Å²) in [6, 6.07) is 9.76. The number of nitrogens with zero attached hydrogens (tertiary/aromatic N) is 1. The van der Waals surface area contributed by atoms with Gasteiger partial charge in [-0.25, -0.2) is 0 Å². The molecular weight excluding hydrogens is 350 g/mol. The van der Waals surface area contributed by atoms with Gasteiger partial charge in [0.25, 0.3) is 11.5 Å². The molecule has 0 saturated carbocycles. The summed E-state index contributed by atoms with van der Waals surface area (Å²) in [7, 11) is 0. The molecule has 1 saturated heterocycles. The van der Waals surface area contributed by atoms with Crippen LogP contribution in [0.3, 0.4) is 0 Å². The highest BCUT2D eigenvalue weighted by Gasteiger charge is 2.19. The fourth-order valence-corrected chi connectivity index (χ4v) is 3.77. The molecule has 1 fully saturated rings. The Morgan fingerprint density at radius 1 is 1.25 bits per heavy atom. The monoisotopic (exact) mass is 381 g/mol. The van der Waals surface area contributed by atoms with Crippen molar-refractivity contribution in [2.45, 2.75) is 52.5 Å². The molecule has 2 N–H and O–H groups in total. The van der Waals surface area contributed by atoms with Gasteiger partial charge in [0.1, 0.15) is 5.56 Å². The third kappa shape index (κ3) is 5.10. The zero-order chi connectivity index (χ0) is 19.9. The van der Waals surface area contributed by atoms with Crippen LogP contribution in [0.5, 0.6) is 0 Å². The standard InChI is InChI=1S/C23H31N3O2/c1-3-4-6-18-8-10-20(11-9-18)25-22(27)21-17(2)12-14-26(23(21)28)16-19-7-5-13-24-15-19/h8-12,14,19,24H,3-7,13,15-16H2,1-2H3,(H,25,27). The van der Waals surface area contributed by atoms with Gasteiger partial charge in [-0.15, -0.1) is 0 Å². The average Bonchev–Trinajstić information content (AvgIpc) is 2.70. The number of benzene rings is 1. The number of amides is 1. The number of rotatable bonds is 7. The van der Waals surface area contributed by atoms with Crippen molar-refractivity contribution in [3.8, 4) is 0 Å². The molecule has 150 valence electrons. The van der Waals surface area contributed by atoms with Crippen LogP contribution < -0.4 is 16.2 Å². The largest absolute Gasteiger partial charge is 0.322 e. The van der Waals surface area contributed by atoms with E-state index in [0.29, 0.717) is 18.0 Å². The summed E-state index contributed by atoms with van der Waals surface area (Å²) in [5, 5.41) is 6.27. The van der Waals surface area contributed by atoms with Crippen molar-refractivity contribution in [3.05, 3.63) is 63.6 Å². The minimum Gasteiger partial charge on any atom is -0.322 e. The summed E-state index contributed by atoms with van der Waals surface area (Å²) < 4.78 is 1.69. The number of carbonyl (C=O) groups excluding carboxylic acids is 1. The minimum atomic E-state index is -0.333. The van der Waals surface area contributed by atoms with E-state index in [1.54, 1.807) is 4.57 Å². The third-order valence-electron chi connectivity index (χ3n) is 5.49. The first-order chi connectivity index (χ1) is 13.6. The molecule has 1 aromatic heterocycles. The summed E-state index contributed by atoms with van der Waals surface area (Å²) in [6.07, 6.45) is 7.42. The van der Waals surface area contributed by atoms with E-state index < -0.39 is 0 Å². The Morgan fingerprint density at radius 2 is 2.04 bits per heavy atom. The normalized spacial score (nSPS) is 16.7. The van der Waals surface area contributed by atoms with Gasteiger partial charge in [-0.1, -0.05) is 25.5 Å². The fraction of sp³-hybridized carbons (Fsp3) is 0.478. The Kier molecular flexibility index (Phi) is 7.04. The van der Waals surface area contributed by atoms with E-state index >= 15 is 0 Å². The van der Waals surface area contributed by atoms with Crippen LogP contribution in [0.4, 0.5) is 5.69 Å². The van der Waals surface area contributed by atoms with Gasteiger partial charge in [0.2, 0.25) is 0 Å². The van der Waals surface area contributed by atoms with Crippen LogP contribution in [-0.4, -0.2) is 23.6 Å². The van der Waals surface area contributed by atoms with Crippen molar-refractivity contribution in [2.24, 2.45) is 5.92 Å². The van der Waals surface area contributed by atoms with E-state index in [-0.39, 0.29) is 17.0 Å². The zero-order valence-electron chi connectivity index (χ0n) is 17.0. The molecule has 1 aliphatic rings. The molecule has 1 unspecified atom stereocenters. The van der Waals surface area contributed by atoms with Crippen LogP contribution in [0.1, 0.15) is 54.1 Å². The molecule has 0 bridgehead atoms. The highest BCUT2D eigenvalue weighted by atomic mass is 16.2. The first kappa shape index (κ1) is 20.3. The molecule has 1 amide bonds. The molecule has 5 heteroatoms. The van der Waals surface area contributed by atoms with E-state index in [9.17, 15) is 9.59 Å². The molecular formula is C23H31N3O2. The Labute approximate surface area is 167 Å². The Hall–Kier alpha value is -2.40. The molecule has 0 radical (unpaired) electrons. The number of piperidine rings is 1. The molecule has 2 heterocycles. The van der Waals surface area contributed by atoms with Crippen molar-refractivity contribution in [1.29, 1.82) is 0 Å². The SMILES string of the molecule is CCCCc1ccc(NC(=O)c2c(C)ccn(CC3CCCNC3)c2=O)cc1. The Balaban J connectivity index is 1.73. The second kappa shape index (κ2) is 9.69. The smallest absolute Gasteiger partial charge is 0.263 e. The van der Waals surface area contributed by atoms with E-state index in [4.69, 9.17) is 0 Å². The van der Waals surface area contributed by atoms with Gasteiger partial charge in [0.05, 0.1) is 0 Å². The lowest BCUT2D eigenvalue weighted by molar-refractivity contribution is 0.102. The summed E-state index contributed by atoms with van der Waals surface area (Å²) in [4.78, 5) is 25.8. The molecule has 1 aliphatic heterocycles. The van der Waals surface area contributed by atoms with Crippen LogP contribution >= 0.6 is 0 Å². The predicted octanol–water partition coefficient (Wildman–Crippen LogP) is 3.75. The maximum atomic E-state index is 12.9. The lowest BCUT2D eigenvalue weighted by Crippen LogP contribution is -2.36. The van der Waals surface area contributed by atoms with Crippen molar-refractivity contribution in [1.82, 2.24) is 9.88 Å². The molecule has 28 heavy (non-hydrogen) atoms. The molecule has 3 rings (SSSR count). The second-order valence-corrected chi connectivity index (χ2v) is 7.80. The Bertz CT molecular complexity index is 849. The number of pyridine rings is 1. The number of hydrogen-bond acceptors (Lipinski definition) is 3. The lowest BCUT2D eigenvalue weighted by Gasteiger charge is -2.23. The van der Waals surface area contributed by atoms with Crippen LogP contribution in [0.2, 0.25) is 0 Å². The van der Waals surface area contributed by atoms with Gasteiger partial charge >= 0.3 is 0 Å². The van der Waals surface area contributed by atoms with Crippen molar-refractivity contribution in [3.63, 3.8) is 0 Å². The number of aryl methyl sites for hydroxylation is 2. The number of nitrogens with one attached hydrogen (secondary N) is 2. The Morgan fingerprint density at radius 3 is 2.71 bits per heavy atom. The summed E-state index contributed by atoms with van der Waals surface area (Å²) in [6.45, 7) is 6.61. The lowest BCUT2D eigenvalue weighted by atomic mass is 9.99. The molecule has 0 spiro atoms. The van der Waals surface area contributed by atoms with E-state index in [1.807, 2.05) is 43.5 Å². The minimum absolute atomic E-state index is 0.206. The van der Waals surface area contributed by atoms with Gasteiger partial charge < -0.3 is 15.2 Å². The maximum absolute atomic E-state index is 12.9. The fourth-order valence-electron chi connectivity index (χ4n) is 3.77. The van der Waals surface area contributed by atoms with Gasteiger partial charge in [-0.05, 0) is 80.9 Å². The van der Waals surface area contributed by atoms with Crippen LogP contribution in [-0.2, 0) is 13.0 Å². The molecule has 1 aromatic carbocycles. The molecule has 2 aromatic rings. The first-order valence-electron chi connectivity index (χ1n) is 10.4. The highest BCUT2D eigenvalue weighted by molar-refractivity contribution is 6.05. The average molecular weight is 382 g/mol. The van der Waals surface area contributed by atoms with Crippen LogP contribution in [0.25, 0.3) is 0 Å². The number of aromatic nitrogens is 1. The van der Waals surface area contributed by atoms with E-state index in [1.165, 1.54) is 5.56 Å². The zero-order valence-corrected chi connectivity index (χ0v) is 17.0. The van der Waals surface area contributed by atoms with Crippen molar-refractivity contribution in [2.75, 3.05) is 18.4 Å². The maximum Gasteiger partial charge on any atom is 0.263 e. The number of anilines is 1. The van der Waals surface area contributed by atoms with Gasteiger partial charge in [-0.2, -0.15) is 0 Å². The quantitative estimate of drug-likeness (QED) is 0.768. The van der Waals surface area contributed by atoms with Crippen LogP contribution in [0.15, 0.2) is 41.3 Å². The van der Waals surface area contributed by atoms with E-state index in [2.05, 4.69) is 17.6 Å². The summed E-state index contributed by atoms with van der Waals surface area (Å²) in [5.41, 5.74) is 2.72.